The molecule has 0 radical (unpaired) electrons. The molecule has 0 saturated heterocycles. The van der Waals surface area contributed by atoms with Gasteiger partial charge in [0.2, 0.25) is 0 Å². The molecule has 66 valence electrons. The molecular formula is C10H9NO2. The number of hydrogen-bond acceptors (Lipinski definition) is 2. The zero-order chi connectivity index (χ0) is 9.26. The molecule has 0 fully saturated rings. The van der Waals surface area contributed by atoms with Crippen LogP contribution < -0.4 is 0 Å². The maximum atomic E-state index is 10.4. The van der Waals surface area contributed by atoms with Crippen LogP contribution in [0.1, 0.15) is 10.6 Å². The first-order chi connectivity index (χ1) is 6.31. The van der Waals surface area contributed by atoms with Gasteiger partial charge in [-0.1, -0.05) is 0 Å². The van der Waals surface area contributed by atoms with E-state index in [0.29, 0.717) is 12.0 Å². The Kier molecular flexibility index (Phi) is 1.77. The van der Waals surface area contributed by atoms with Crippen molar-refractivity contribution in [1.82, 2.24) is 4.57 Å². The van der Waals surface area contributed by atoms with Crippen LogP contribution in [0, 0.1) is 0 Å². The minimum atomic E-state index is 0.358. The summed E-state index contributed by atoms with van der Waals surface area (Å²) in [6.45, 7) is 0. The van der Waals surface area contributed by atoms with Crippen LogP contribution in [0.3, 0.4) is 0 Å². The van der Waals surface area contributed by atoms with Gasteiger partial charge >= 0.3 is 0 Å². The molecule has 0 aliphatic heterocycles. The summed E-state index contributed by atoms with van der Waals surface area (Å²) < 4.78 is 7.21. The molecule has 0 amide bonds. The Hall–Kier alpha value is -1.77. The number of aldehydes is 1. The Morgan fingerprint density at radius 2 is 2.23 bits per heavy atom. The molecule has 0 aliphatic carbocycles. The summed E-state index contributed by atoms with van der Waals surface area (Å²) in [5, 5.41) is 0. The molecule has 2 rings (SSSR count). The van der Waals surface area contributed by atoms with E-state index in [1.165, 1.54) is 0 Å². The van der Waals surface area contributed by atoms with E-state index in [1.807, 2.05) is 29.9 Å². The quantitative estimate of drug-likeness (QED) is 0.655. The van der Waals surface area contributed by atoms with Gasteiger partial charge in [0.05, 0.1) is 5.69 Å². The van der Waals surface area contributed by atoms with Crippen molar-refractivity contribution in [1.29, 1.82) is 0 Å². The largest absolute Gasteiger partial charge is 0.452 e. The van der Waals surface area contributed by atoms with E-state index in [1.54, 1.807) is 12.1 Å². The van der Waals surface area contributed by atoms with Crippen LogP contribution in [0.2, 0.25) is 0 Å². The van der Waals surface area contributed by atoms with Crippen LogP contribution in [0.5, 0.6) is 0 Å². The first kappa shape index (κ1) is 7.86. The lowest BCUT2D eigenvalue weighted by atomic mass is 10.3. The van der Waals surface area contributed by atoms with E-state index in [9.17, 15) is 4.79 Å². The van der Waals surface area contributed by atoms with Crippen molar-refractivity contribution >= 4 is 6.29 Å². The third kappa shape index (κ3) is 1.28. The van der Waals surface area contributed by atoms with Crippen molar-refractivity contribution in [3.63, 3.8) is 0 Å². The Bertz CT molecular complexity index is 426. The van der Waals surface area contributed by atoms with E-state index in [0.717, 1.165) is 11.5 Å². The standard InChI is InChI=1S/C10H9NO2/c1-11-6-2-3-9(11)10-5-4-8(7-12)13-10/h2-7H,1H3. The predicted molar refractivity (Wildman–Crippen MR) is 48.5 cm³/mol. The summed E-state index contributed by atoms with van der Waals surface area (Å²) in [6.07, 6.45) is 2.63. The van der Waals surface area contributed by atoms with Gasteiger partial charge in [0.1, 0.15) is 0 Å². The van der Waals surface area contributed by atoms with E-state index in [4.69, 9.17) is 4.42 Å². The molecule has 0 N–H and O–H groups in total. The minimum absolute atomic E-state index is 0.358. The molecule has 0 atom stereocenters. The van der Waals surface area contributed by atoms with Crippen LogP contribution in [-0.4, -0.2) is 10.9 Å². The molecular weight excluding hydrogens is 166 g/mol. The number of aromatic nitrogens is 1. The second-order valence-electron chi connectivity index (χ2n) is 2.82. The number of carbonyl (C=O) groups is 1. The molecule has 0 unspecified atom stereocenters. The molecule has 2 heterocycles. The molecule has 13 heavy (non-hydrogen) atoms. The zero-order valence-electron chi connectivity index (χ0n) is 7.23. The summed E-state index contributed by atoms with van der Waals surface area (Å²) in [7, 11) is 1.93. The summed E-state index contributed by atoms with van der Waals surface area (Å²) in [5.74, 6) is 1.07. The SMILES string of the molecule is Cn1cccc1-c1ccc(C=O)o1. The first-order valence-electron chi connectivity index (χ1n) is 3.98. The number of hydrogen-bond donors (Lipinski definition) is 0. The van der Waals surface area contributed by atoms with Gasteiger partial charge in [0.25, 0.3) is 0 Å². The van der Waals surface area contributed by atoms with E-state index >= 15 is 0 Å². The van der Waals surface area contributed by atoms with Gasteiger partial charge in [-0.25, -0.2) is 0 Å². The van der Waals surface area contributed by atoms with Gasteiger partial charge in [-0.05, 0) is 24.3 Å². The van der Waals surface area contributed by atoms with Crippen molar-refractivity contribution in [2.75, 3.05) is 0 Å². The third-order valence-corrected chi connectivity index (χ3v) is 1.94. The van der Waals surface area contributed by atoms with Crippen molar-refractivity contribution in [2.45, 2.75) is 0 Å². The molecule has 2 aromatic heterocycles. The smallest absolute Gasteiger partial charge is 0.185 e. The topological polar surface area (TPSA) is 35.1 Å². The number of nitrogens with zero attached hydrogens (tertiary/aromatic N) is 1. The lowest BCUT2D eigenvalue weighted by Gasteiger charge is -1.97. The highest BCUT2D eigenvalue weighted by molar-refractivity contribution is 5.72. The van der Waals surface area contributed by atoms with Crippen LogP contribution in [0.4, 0.5) is 0 Å². The Morgan fingerprint density at radius 1 is 1.38 bits per heavy atom. The molecule has 0 aliphatic rings. The molecule has 2 aromatic rings. The molecule has 0 bridgehead atoms. The predicted octanol–water partition coefficient (Wildman–Crippen LogP) is 2.10. The van der Waals surface area contributed by atoms with Gasteiger partial charge in [0, 0.05) is 13.2 Å². The lowest BCUT2D eigenvalue weighted by molar-refractivity contribution is 0.110. The Morgan fingerprint density at radius 3 is 2.77 bits per heavy atom. The monoisotopic (exact) mass is 175 g/mol. The maximum Gasteiger partial charge on any atom is 0.185 e. The fourth-order valence-corrected chi connectivity index (χ4v) is 1.27. The van der Waals surface area contributed by atoms with Crippen LogP contribution in [0.25, 0.3) is 11.5 Å². The zero-order valence-corrected chi connectivity index (χ0v) is 7.23. The van der Waals surface area contributed by atoms with Crippen LogP contribution >= 0.6 is 0 Å². The fourth-order valence-electron chi connectivity index (χ4n) is 1.27. The van der Waals surface area contributed by atoms with E-state index in [2.05, 4.69) is 0 Å². The fraction of sp³-hybridized carbons (Fsp3) is 0.100. The highest BCUT2D eigenvalue weighted by Gasteiger charge is 2.05. The molecule has 3 heteroatoms. The van der Waals surface area contributed by atoms with Gasteiger partial charge in [-0.2, -0.15) is 0 Å². The minimum Gasteiger partial charge on any atom is -0.452 e. The molecule has 0 saturated carbocycles. The highest BCUT2D eigenvalue weighted by atomic mass is 16.3. The van der Waals surface area contributed by atoms with Gasteiger partial charge in [-0.3, -0.25) is 4.79 Å². The van der Waals surface area contributed by atoms with Crippen molar-refractivity contribution < 1.29 is 9.21 Å². The van der Waals surface area contributed by atoms with Crippen molar-refractivity contribution in [3.05, 3.63) is 36.2 Å². The summed E-state index contributed by atoms with van der Waals surface area (Å²) in [6, 6.07) is 7.32. The Balaban J connectivity index is 2.46. The average Bonchev–Trinajstić information content (AvgIpc) is 2.71. The van der Waals surface area contributed by atoms with Crippen molar-refractivity contribution in [2.24, 2.45) is 7.05 Å². The average molecular weight is 175 g/mol. The maximum absolute atomic E-state index is 10.4. The van der Waals surface area contributed by atoms with E-state index in [-0.39, 0.29) is 0 Å². The van der Waals surface area contributed by atoms with Crippen molar-refractivity contribution in [3.8, 4) is 11.5 Å². The highest BCUT2D eigenvalue weighted by Crippen LogP contribution is 2.20. The van der Waals surface area contributed by atoms with Gasteiger partial charge in [0.15, 0.2) is 17.8 Å². The molecule has 3 nitrogen and oxygen atoms in total. The number of aryl methyl sites for hydroxylation is 1. The summed E-state index contributed by atoms with van der Waals surface area (Å²) >= 11 is 0. The van der Waals surface area contributed by atoms with Crippen LogP contribution in [-0.2, 0) is 7.05 Å². The second-order valence-corrected chi connectivity index (χ2v) is 2.82. The molecule has 0 aromatic carbocycles. The van der Waals surface area contributed by atoms with E-state index < -0.39 is 0 Å². The normalized spacial score (nSPS) is 10.2. The van der Waals surface area contributed by atoms with Gasteiger partial charge < -0.3 is 8.98 Å². The Labute approximate surface area is 75.6 Å². The number of rotatable bonds is 2. The number of carbonyl (C=O) groups excluding carboxylic acids is 1. The lowest BCUT2D eigenvalue weighted by Crippen LogP contribution is -1.86. The number of furan rings is 1. The summed E-state index contributed by atoms with van der Waals surface area (Å²) in [4.78, 5) is 10.4. The second kappa shape index (κ2) is 2.94. The molecule has 0 spiro atoms. The first-order valence-corrected chi connectivity index (χ1v) is 3.98. The van der Waals surface area contributed by atoms with Crippen LogP contribution in [0.15, 0.2) is 34.9 Å². The third-order valence-electron chi connectivity index (χ3n) is 1.94. The van der Waals surface area contributed by atoms with Gasteiger partial charge in [-0.15, -0.1) is 0 Å². The summed E-state index contributed by atoms with van der Waals surface area (Å²) in [5.41, 5.74) is 0.966.